The van der Waals surface area contributed by atoms with E-state index in [9.17, 15) is 9.90 Å². The zero-order valence-electron chi connectivity index (χ0n) is 13.8. The highest BCUT2D eigenvalue weighted by atomic mass is 16.5. The van der Waals surface area contributed by atoms with Crippen LogP contribution in [-0.4, -0.2) is 38.2 Å². The molecule has 1 fully saturated rings. The van der Waals surface area contributed by atoms with Crippen molar-refractivity contribution in [1.82, 2.24) is 20.0 Å². The molecule has 1 saturated carbocycles. The van der Waals surface area contributed by atoms with Crippen LogP contribution in [0.5, 0.6) is 5.75 Å². The van der Waals surface area contributed by atoms with Gasteiger partial charge in [-0.25, -0.2) is 4.79 Å². The standard InChI is InChI=1S/C17H18N4O4/c1-24-15-7-14-11(6-13(15)17(22)23)8-21(20-14)12-4-2-10(3-5-12)16-19-18-9-25-16/h6-10,12H,2-5H2,1H3,(H,22,23)/t10-,12-. The van der Waals surface area contributed by atoms with Gasteiger partial charge in [-0.05, 0) is 31.7 Å². The highest BCUT2D eigenvalue weighted by molar-refractivity contribution is 5.96. The van der Waals surface area contributed by atoms with Crippen molar-refractivity contribution in [1.29, 1.82) is 0 Å². The van der Waals surface area contributed by atoms with E-state index >= 15 is 0 Å². The number of ether oxygens (including phenoxy) is 1. The van der Waals surface area contributed by atoms with E-state index in [-0.39, 0.29) is 11.6 Å². The van der Waals surface area contributed by atoms with Crippen molar-refractivity contribution in [2.24, 2.45) is 0 Å². The summed E-state index contributed by atoms with van der Waals surface area (Å²) in [5.74, 6) is 0.333. The summed E-state index contributed by atoms with van der Waals surface area (Å²) in [6.45, 7) is 0. The van der Waals surface area contributed by atoms with Crippen molar-refractivity contribution in [3.05, 3.63) is 36.2 Å². The van der Waals surface area contributed by atoms with Crippen molar-refractivity contribution in [2.45, 2.75) is 37.6 Å². The van der Waals surface area contributed by atoms with Gasteiger partial charge in [-0.15, -0.1) is 10.2 Å². The molecule has 0 saturated heterocycles. The van der Waals surface area contributed by atoms with E-state index in [4.69, 9.17) is 9.15 Å². The van der Waals surface area contributed by atoms with Crippen LogP contribution in [0.1, 0.15) is 53.9 Å². The van der Waals surface area contributed by atoms with Crippen LogP contribution in [0.3, 0.4) is 0 Å². The van der Waals surface area contributed by atoms with Crippen molar-refractivity contribution in [3.63, 3.8) is 0 Å². The predicted molar refractivity (Wildman–Crippen MR) is 87.8 cm³/mol. The lowest BCUT2D eigenvalue weighted by atomic mass is 9.86. The summed E-state index contributed by atoms with van der Waals surface area (Å²) in [5.41, 5.74) is 0.885. The van der Waals surface area contributed by atoms with Gasteiger partial charge in [0, 0.05) is 23.6 Å². The van der Waals surface area contributed by atoms with Crippen molar-refractivity contribution in [3.8, 4) is 5.75 Å². The quantitative estimate of drug-likeness (QED) is 0.777. The molecule has 0 spiro atoms. The number of nitrogens with zero attached hydrogens (tertiary/aromatic N) is 4. The average molecular weight is 342 g/mol. The molecule has 1 aliphatic rings. The minimum Gasteiger partial charge on any atom is -0.496 e. The summed E-state index contributed by atoms with van der Waals surface area (Å²) in [6, 6.07) is 3.58. The second-order valence-corrected chi connectivity index (χ2v) is 6.31. The summed E-state index contributed by atoms with van der Waals surface area (Å²) >= 11 is 0. The van der Waals surface area contributed by atoms with Crippen LogP contribution in [0.4, 0.5) is 0 Å². The highest BCUT2D eigenvalue weighted by Crippen LogP contribution is 2.37. The Morgan fingerprint density at radius 3 is 2.76 bits per heavy atom. The van der Waals surface area contributed by atoms with Gasteiger partial charge in [0.25, 0.3) is 0 Å². The van der Waals surface area contributed by atoms with Gasteiger partial charge < -0.3 is 14.3 Å². The first kappa shape index (κ1) is 15.6. The highest BCUT2D eigenvalue weighted by Gasteiger charge is 2.27. The number of carboxylic acids is 1. The van der Waals surface area contributed by atoms with Crippen LogP contribution in [0.25, 0.3) is 10.9 Å². The van der Waals surface area contributed by atoms with E-state index in [1.165, 1.54) is 13.5 Å². The maximum absolute atomic E-state index is 11.4. The summed E-state index contributed by atoms with van der Waals surface area (Å²) in [4.78, 5) is 11.4. The van der Waals surface area contributed by atoms with Gasteiger partial charge in [0.15, 0.2) is 0 Å². The van der Waals surface area contributed by atoms with E-state index in [2.05, 4.69) is 15.3 Å². The number of benzene rings is 1. The lowest BCUT2D eigenvalue weighted by Gasteiger charge is -2.26. The van der Waals surface area contributed by atoms with E-state index < -0.39 is 5.97 Å². The second-order valence-electron chi connectivity index (χ2n) is 6.31. The third kappa shape index (κ3) is 2.84. The van der Waals surface area contributed by atoms with Crippen molar-refractivity contribution in [2.75, 3.05) is 7.11 Å². The Hall–Kier alpha value is -2.90. The molecular formula is C17H18N4O4. The van der Waals surface area contributed by atoms with Crippen molar-refractivity contribution < 1.29 is 19.1 Å². The van der Waals surface area contributed by atoms with E-state index in [1.807, 2.05) is 10.9 Å². The maximum atomic E-state index is 11.4. The van der Waals surface area contributed by atoms with Crippen LogP contribution in [0.15, 0.2) is 29.1 Å². The lowest BCUT2D eigenvalue weighted by molar-refractivity contribution is 0.0693. The SMILES string of the molecule is COc1cc2nn([C@H]3CC[C@H](c4nnco4)CC3)cc2cc1C(=O)O. The number of carboxylic acid groups (broad SMARTS) is 1. The Bertz CT molecular complexity index is 895. The zero-order chi connectivity index (χ0) is 17.4. The number of fused-ring (bicyclic) bond motifs is 1. The molecule has 4 rings (SSSR count). The van der Waals surface area contributed by atoms with Gasteiger partial charge >= 0.3 is 5.97 Å². The molecule has 1 N–H and O–H groups in total. The molecule has 3 aromatic rings. The molecule has 1 aromatic carbocycles. The molecule has 25 heavy (non-hydrogen) atoms. The largest absolute Gasteiger partial charge is 0.496 e. The van der Waals surface area contributed by atoms with Gasteiger partial charge in [-0.2, -0.15) is 5.10 Å². The Kier molecular flexibility index (Phi) is 3.87. The topological polar surface area (TPSA) is 103 Å². The smallest absolute Gasteiger partial charge is 0.339 e. The molecule has 130 valence electrons. The Labute approximate surface area is 143 Å². The molecule has 2 heterocycles. The van der Waals surface area contributed by atoms with Crippen LogP contribution < -0.4 is 4.74 Å². The minimum absolute atomic E-state index is 0.148. The molecular weight excluding hydrogens is 324 g/mol. The molecule has 8 heteroatoms. The van der Waals surface area contributed by atoms with Gasteiger partial charge in [-0.1, -0.05) is 0 Å². The molecule has 0 aliphatic heterocycles. The van der Waals surface area contributed by atoms with Gasteiger partial charge in [0.2, 0.25) is 12.3 Å². The molecule has 0 bridgehead atoms. The molecule has 0 radical (unpaired) electrons. The number of aromatic nitrogens is 4. The summed E-state index contributed by atoms with van der Waals surface area (Å²) in [6.07, 6.45) is 7.14. The number of carbonyl (C=O) groups is 1. The number of methoxy groups -OCH3 is 1. The van der Waals surface area contributed by atoms with Crippen molar-refractivity contribution >= 4 is 16.9 Å². The summed E-state index contributed by atoms with van der Waals surface area (Å²) in [5, 5.41) is 22.5. The molecule has 0 unspecified atom stereocenters. The monoisotopic (exact) mass is 342 g/mol. The Morgan fingerprint density at radius 1 is 1.32 bits per heavy atom. The predicted octanol–water partition coefficient (Wildman–Crippen LogP) is 3.03. The van der Waals surface area contributed by atoms with Gasteiger partial charge in [0.05, 0.1) is 18.7 Å². The Balaban J connectivity index is 1.57. The van der Waals surface area contributed by atoms with Crippen LogP contribution in [0.2, 0.25) is 0 Å². The number of hydrogen-bond donors (Lipinski definition) is 1. The first-order valence-corrected chi connectivity index (χ1v) is 8.22. The van der Waals surface area contributed by atoms with Gasteiger partial charge in [0.1, 0.15) is 11.3 Å². The van der Waals surface area contributed by atoms with E-state index in [1.54, 1.807) is 12.1 Å². The Morgan fingerprint density at radius 2 is 2.12 bits per heavy atom. The normalized spacial score (nSPS) is 20.7. The molecule has 8 nitrogen and oxygen atoms in total. The molecule has 0 atom stereocenters. The summed E-state index contributed by atoms with van der Waals surface area (Å²) < 4.78 is 12.4. The van der Waals surface area contributed by atoms with Crippen LogP contribution in [-0.2, 0) is 0 Å². The summed E-state index contributed by atoms with van der Waals surface area (Å²) in [7, 11) is 1.46. The third-order valence-corrected chi connectivity index (χ3v) is 4.87. The lowest BCUT2D eigenvalue weighted by Crippen LogP contribution is -2.17. The third-order valence-electron chi connectivity index (χ3n) is 4.87. The number of aromatic carboxylic acids is 1. The molecule has 1 aliphatic carbocycles. The molecule has 0 amide bonds. The average Bonchev–Trinajstić information content (AvgIpc) is 3.29. The van der Waals surface area contributed by atoms with Gasteiger partial charge in [-0.3, -0.25) is 4.68 Å². The fraction of sp³-hybridized carbons (Fsp3) is 0.412. The van der Waals surface area contributed by atoms with Crippen LogP contribution in [0, 0.1) is 0 Å². The maximum Gasteiger partial charge on any atom is 0.339 e. The fourth-order valence-corrected chi connectivity index (χ4v) is 3.54. The molecule has 2 aromatic heterocycles. The van der Waals surface area contributed by atoms with E-state index in [0.29, 0.717) is 17.6 Å². The minimum atomic E-state index is -1.01. The zero-order valence-corrected chi connectivity index (χ0v) is 13.8. The number of rotatable bonds is 4. The fourth-order valence-electron chi connectivity index (χ4n) is 3.54. The van der Waals surface area contributed by atoms with Crippen LogP contribution >= 0.6 is 0 Å². The second kappa shape index (κ2) is 6.19. The van der Waals surface area contributed by atoms with E-state index in [0.717, 1.165) is 36.6 Å². The first-order valence-electron chi connectivity index (χ1n) is 8.22. The first-order chi connectivity index (χ1) is 12.2. The number of hydrogen-bond acceptors (Lipinski definition) is 6.